The predicted molar refractivity (Wildman–Crippen MR) is 126 cm³/mol. The highest BCUT2D eigenvalue weighted by Gasteiger charge is 2.21. The van der Waals surface area contributed by atoms with Gasteiger partial charge < -0.3 is 10.4 Å². The number of H-pyrrole nitrogens is 1. The van der Waals surface area contributed by atoms with Gasteiger partial charge in [0.2, 0.25) is 0 Å². The van der Waals surface area contributed by atoms with E-state index in [9.17, 15) is 9.90 Å². The van der Waals surface area contributed by atoms with E-state index in [2.05, 4.69) is 45.7 Å². The molecule has 0 bridgehead atoms. The number of phenols is 1. The Labute approximate surface area is 197 Å². The maximum atomic E-state index is 13.1. The van der Waals surface area contributed by atoms with Gasteiger partial charge in [-0.05, 0) is 29.8 Å². The second-order valence-electron chi connectivity index (χ2n) is 7.34. The zero-order chi connectivity index (χ0) is 24.4. The Hall–Kier alpha value is -5.44. The molecule has 0 spiro atoms. The number of nitrogens with zero attached hydrogens (tertiary/aromatic N) is 8. The van der Waals surface area contributed by atoms with Crippen molar-refractivity contribution in [2.45, 2.75) is 6.92 Å². The molecule has 12 nitrogen and oxygen atoms in total. The number of nitrogens with one attached hydrogen (secondary N) is 2. The molecule has 3 N–H and O–H groups in total. The summed E-state index contributed by atoms with van der Waals surface area (Å²) in [5, 5.41) is 34.1. The molecule has 2 aromatic carbocycles. The lowest BCUT2D eigenvalue weighted by atomic mass is 10.0. The molecule has 0 saturated heterocycles. The Morgan fingerprint density at radius 1 is 1.17 bits per heavy atom. The number of aromatic nitrogens is 6. The predicted octanol–water partition coefficient (Wildman–Crippen LogP) is 4.77. The first-order valence-corrected chi connectivity index (χ1v) is 10.3. The van der Waals surface area contributed by atoms with Crippen LogP contribution in [0.2, 0.25) is 0 Å². The number of aryl methyl sites for hydroxylation is 1. The molecule has 0 atom stereocenters. The Bertz CT molecular complexity index is 1630. The first-order valence-electron chi connectivity index (χ1n) is 10.3. The van der Waals surface area contributed by atoms with Crippen molar-refractivity contribution in [3.8, 4) is 11.7 Å². The topological polar surface area (TPSA) is 151 Å². The van der Waals surface area contributed by atoms with Gasteiger partial charge >= 0.3 is 0 Å². The van der Waals surface area contributed by atoms with Crippen molar-refractivity contribution < 1.29 is 9.90 Å². The molecule has 35 heavy (non-hydrogen) atoms. The average molecular weight is 464 g/mol. The number of hydrogen-bond acceptors (Lipinski definition) is 8. The molecule has 0 unspecified atom stereocenters. The largest absolute Gasteiger partial charge is 0.505 e. The molecule has 1 amide bonds. The van der Waals surface area contributed by atoms with E-state index in [1.54, 1.807) is 49.4 Å². The summed E-state index contributed by atoms with van der Waals surface area (Å²) in [6.45, 7) is 9.19. The summed E-state index contributed by atoms with van der Waals surface area (Å²) >= 11 is 0. The minimum absolute atomic E-state index is 0.0228. The molecule has 0 saturated carbocycles. The molecule has 3 heterocycles. The van der Waals surface area contributed by atoms with Crippen molar-refractivity contribution in [3.05, 3.63) is 83.7 Å². The van der Waals surface area contributed by atoms with Gasteiger partial charge in [0, 0.05) is 18.5 Å². The molecule has 5 aromatic rings. The van der Waals surface area contributed by atoms with E-state index >= 15 is 0 Å². The van der Waals surface area contributed by atoms with Crippen LogP contribution in [0, 0.1) is 13.5 Å². The van der Waals surface area contributed by atoms with E-state index in [1.807, 2.05) is 0 Å². The molecule has 5 rings (SSSR count). The smallest absolute Gasteiger partial charge is 0.261 e. The minimum Gasteiger partial charge on any atom is -0.505 e. The Balaban J connectivity index is 1.60. The highest BCUT2D eigenvalue weighted by atomic mass is 16.3. The highest BCUT2D eigenvalue weighted by Crippen LogP contribution is 2.39. The fourth-order valence-electron chi connectivity index (χ4n) is 3.45. The van der Waals surface area contributed by atoms with E-state index < -0.39 is 5.91 Å². The molecule has 0 aliphatic carbocycles. The van der Waals surface area contributed by atoms with Crippen LogP contribution in [0.5, 0.6) is 5.75 Å². The molecule has 0 aliphatic rings. The van der Waals surface area contributed by atoms with Crippen LogP contribution in [0.15, 0.2) is 71.3 Å². The molecule has 3 aromatic heterocycles. The second-order valence-corrected chi connectivity index (χ2v) is 7.34. The quantitative estimate of drug-likeness (QED) is 0.252. The zero-order valence-corrected chi connectivity index (χ0v) is 18.2. The van der Waals surface area contributed by atoms with E-state index in [0.29, 0.717) is 22.3 Å². The fraction of sp³-hybridized carbons (Fsp3) is 0.0435. The number of aromatic amines is 1. The number of rotatable bonds is 5. The first kappa shape index (κ1) is 21.4. The van der Waals surface area contributed by atoms with Crippen molar-refractivity contribution >= 4 is 39.7 Å². The molecule has 170 valence electrons. The monoisotopic (exact) mass is 464 g/mol. The summed E-state index contributed by atoms with van der Waals surface area (Å²) in [6.07, 6.45) is 4.39. The number of carbonyl (C=O) groups is 1. The number of anilines is 1. The summed E-state index contributed by atoms with van der Waals surface area (Å²) < 4.78 is 1.27. The number of amides is 1. The third kappa shape index (κ3) is 4.05. The van der Waals surface area contributed by atoms with Crippen LogP contribution >= 0.6 is 0 Å². The summed E-state index contributed by atoms with van der Waals surface area (Å²) in [4.78, 5) is 24.8. The van der Waals surface area contributed by atoms with Gasteiger partial charge in [0.1, 0.15) is 11.5 Å². The van der Waals surface area contributed by atoms with Crippen LogP contribution in [-0.2, 0) is 0 Å². The maximum absolute atomic E-state index is 13.1. The Morgan fingerprint density at radius 3 is 2.71 bits per heavy atom. The normalized spacial score (nSPS) is 11.1. The van der Waals surface area contributed by atoms with Crippen molar-refractivity contribution in [1.29, 1.82) is 0 Å². The van der Waals surface area contributed by atoms with Crippen molar-refractivity contribution in [2.75, 3.05) is 5.32 Å². The molecule has 12 heteroatoms. The van der Waals surface area contributed by atoms with Gasteiger partial charge in [-0.2, -0.15) is 14.9 Å². The SMILES string of the molecule is [C-]#[N+]c1cnn(-c2ncccn2)c1/N=N/c1cc2ccccc2c(C(=O)Nc2cc(C)n[nH]2)c1O. The van der Waals surface area contributed by atoms with Crippen LogP contribution in [0.3, 0.4) is 0 Å². The van der Waals surface area contributed by atoms with Gasteiger partial charge in [-0.1, -0.05) is 24.3 Å². The van der Waals surface area contributed by atoms with E-state index in [1.165, 1.54) is 23.3 Å². The standard InChI is InChI=1S/C23H16N10O2/c1-13-10-18(31-29-13)28-22(35)19-15-7-4-3-6-14(15)11-16(20(19)34)30-32-21-17(24-2)12-27-33(21)23-25-8-5-9-26-23/h3-12,34H,1H3,(H2,28,29,31,35)/b32-30+. The lowest BCUT2D eigenvalue weighted by molar-refractivity contribution is 0.102. The van der Waals surface area contributed by atoms with Gasteiger partial charge in [0.05, 0.1) is 24.0 Å². The Morgan fingerprint density at radius 2 is 1.97 bits per heavy atom. The second kappa shape index (κ2) is 8.83. The summed E-state index contributed by atoms with van der Waals surface area (Å²) in [5.74, 6) is -0.250. The highest BCUT2D eigenvalue weighted by molar-refractivity contribution is 6.16. The number of phenolic OH excluding ortho intramolecular Hbond substituents is 1. The first-order chi connectivity index (χ1) is 17.0. The molecular weight excluding hydrogens is 448 g/mol. The number of benzene rings is 2. The van der Waals surface area contributed by atoms with Crippen molar-refractivity contribution in [3.63, 3.8) is 0 Å². The average Bonchev–Trinajstić information content (AvgIpc) is 3.48. The van der Waals surface area contributed by atoms with Gasteiger partial charge in [-0.15, -0.1) is 10.2 Å². The van der Waals surface area contributed by atoms with Crippen LogP contribution in [0.25, 0.3) is 21.6 Å². The van der Waals surface area contributed by atoms with Crippen LogP contribution < -0.4 is 5.32 Å². The van der Waals surface area contributed by atoms with Gasteiger partial charge in [0.15, 0.2) is 11.6 Å². The summed E-state index contributed by atoms with van der Waals surface area (Å²) in [7, 11) is 0. The van der Waals surface area contributed by atoms with Gasteiger partial charge in [-0.3, -0.25) is 9.89 Å². The van der Waals surface area contributed by atoms with E-state index in [4.69, 9.17) is 6.57 Å². The van der Waals surface area contributed by atoms with Gasteiger partial charge in [0.25, 0.3) is 17.5 Å². The van der Waals surface area contributed by atoms with E-state index in [-0.39, 0.29) is 34.5 Å². The minimum atomic E-state index is -0.552. The summed E-state index contributed by atoms with van der Waals surface area (Å²) in [5.41, 5.74) is 0.877. The third-order valence-electron chi connectivity index (χ3n) is 5.02. The third-order valence-corrected chi connectivity index (χ3v) is 5.02. The van der Waals surface area contributed by atoms with Crippen LogP contribution in [0.1, 0.15) is 16.1 Å². The molecule has 0 aliphatic heterocycles. The fourth-order valence-corrected chi connectivity index (χ4v) is 3.45. The molecular formula is C23H16N10O2. The van der Waals surface area contributed by atoms with Crippen LogP contribution in [-0.4, -0.2) is 41.0 Å². The Kier molecular flexibility index (Phi) is 5.40. The van der Waals surface area contributed by atoms with E-state index in [0.717, 1.165) is 0 Å². The van der Waals surface area contributed by atoms with Crippen molar-refractivity contribution in [1.82, 2.24) is 29.9 Å². The lowest BCUT2D eigenvalue weighted by Gasteiger charge is -2.11. The number of hydrogen-bond donors (Lipinski definition) is 3. The van der Waals surface area contributed by atoms with Gasteiger partial charge in [-0.25, -0.2) is 14.8 Å². The van der Waals surface area contributed by atoms with Crippen molar-refractivity contribution in [2.24, 2.45) is 10.2 Å². The number of carbonyl (C=O) groups excluding carboxylic acids is 1. The number of azo groups is 1. The zero-order valence-electron chi connectivity index (χ0n) is 18.2. The van der Waals surface area contributed by atoms with Crippen LogP contribution in [0.4, 0.5) is 23.0 Å². The molecule has 0 fully saturated rings. The number of fused-ring (bicyclic) bond motifs is 1. The molecule has 0 radical (unpaired) electrons. The lowest BCUT2D eigenvalue weighted by Crippen LogP contribution is -2.13. The maximum Gasteiger partial charge on any atom is 0.261 e. The summed E-state index contributed by atoms with van der Waals surface area (Å²) in [6, 6.07) is 12.0. The number of aromatic hydroxyl groups is 1.